The van der Waals surface area contributed by atoms with E-state index in [1.54, 1.807) is 30.3 Å². The van der Waals surface area contributed by atoms with E-state index in [1.807, 2.05) is 0 Å². The van der Waals surface area contributed by atoms with Gasteiger partial charge >= 0.3 is 0 Å². The van der Waals surface area contributed by atoms with E-state index in [0.29, 0.717) is 17.1 Å². The van der Waals surface area contributed by atoms with E-state index >= 15 is 0 Å². The van der Waals surface area contributed by atoms with Crippen molar-refractivity contribution in [2.75, 3.05) is 28.6 Å². The van der Waals surface area contributed by atoms with Crippen molar-refractivity contribution in [3.05, 3.63) is 42.4 Å². The molecular formula is C17H19N5O2. The first kappa shape index (κ1) is 15.9. The minimum absolute atomic E-state index is 0.137. The molecular weight excluding hydrogens is 306 g/mol. The zero-order valence-corrected chi connectivity index (χ0v) is 13.5. The monoisotopic (exact) mass is 325 g/mol. The fraction of sp³-hybridized carbons (Fsp3) is 0.294. The van der Waals surface area contributed by atoms with Crippen molar-refractivity contribution < 1.29 is 9.59 Å². The summed E-state index contributed by atoms with van der Waals surface area (Å²) in [6, 6.07) is 8.63. The largest absolute Gasteiger partial charge is 0.357 e. The average molecular weight is 325 g/mol. The number of anilines is 3. The van der Waals surface area contributed by atoms with Crippen molar-refractivity contribution >= 4 is 29.0 Å². The van der Waals surface area contributed by atoms with E-state index in [9.17, 15) is 9.59 Å². The normalized spacial score (nSPS) is 13.6. The van der Waals surface area contributed by atoms with Crippen LogP contribution in [0.1, 0.15) is 30.3 Å². The van der Waals surface area contributed by atoms with Crippen LogP contribution in [0.4, 0.5) is 17.2 Å². The summed E-state index contributed by atoms with van der Waals surface area (Å²) in [6.07, 6.45) is 3.71. The lowest BCUT2D eigenvalue weighted by Gasteiger charge is -2.16. The van der Waals surface area contributed by atoms with Gasteiger partial charge in [-0.15, -0.1) is 0 Å². The van der Waals surface area contributed by atoms with Gasteiger partial charge in [0, 0.05) is 37.5 Å². The Bertz CT molecular complexity index is 739. The summed E-state index contributed by atoms with van der Waals surface area (Å²) in [5.41, 5.74) is 1.65. The van der Waals surface area contributed by atoms with Crippen LogP contribution in [0.2, 0.25) is 0 Å². The van der Waals surface area contributed by atoms with Crippen LogP contribution in [-0.4, -0.2) is 34.9 Å². The van der Waals surface area contributed by atoms with Crippen molar-refractivity contribution in [1.29, 1.82) is 0 Å². The second kappa shape index (κ2) is 7.08. The highest BCUT2D eigenvalue weighted by Crippen LogP contribution is 2.18. The van der Waals surface area contributed by atoms with Gasteiger partial charge in [0.05, 0.1) is 0 Å². The maximum absolute atomic E-state index is 12.4. The number of carbonyl (C=O) groups excluding carboxylic acids is 2. The van der Waals surface area contributed by atoms with Crippen LogP contribution >= 0.6 is 0 Å². The van der Waals surface area contributed by atoms with Crippen LogP contribution in [0.15, 0.2) is 36.7 Å². The lowest BCUT2D eigenvalue weighted by Crippen LogP contribution is -2.21. The molecule has 7 heteroatoms. The lowest BCUT2D eigenvalue weighted by molar-refractivity contribution is -0.114. The molecule has 0 radical (unpaired) electrons. The molecule has 1 aromatic carbocycles. The molecule has 0 spiro atoms. The smallest absolute Gasteiger partial charge is 0.274 e. The maximum atomic E-state index is 12.4. The predicted molar refractivity (Wildman–Crippen MR) is 92.2 cm³/mol. The Morgan fingerprint density at radius 1 is 1.00 bits per heavy atom. The van der Waals surface area contributed by atoms with Gasteiger partial charge in [0.1, 0.15) is 17.8 Å². The van der Waals surface area contributed by atoms with Crippen LogP contribution in [0, 0.1) is 0 Å². The molecule has 2 heterocycles. The van der Waals surface area contributed by atoms with Crippen LogP contribution in [0.3, 0.4) is 0 Å². The Morgan fingerprint density at radius 2 is 1.62 bits per heavy atom. The second-order valence-corrected chi connectivity index (χ2v) is 5.67. The minimum atomic E-state index is -0.287. The molecule has 1 saturated heterocycles. The summed E-state index contributed by atoms with van der Waals surface area (Å²) in [4.78, 5) is 33.8. The van der Waals surface area contributed by atoms with Crippen molar-refractivity contribution in [3.63, 3.8) is 0 Å². The Hall–Kier alpha value is -2.96. The van der Waals surface area contributed by atoms with Crippen molar-refractivity contribution in [3.8, 4) is 0 Å². The summed E-state index contributed by atoms with van der Waals surface area (Å²) in [5.74, 6) is 0.362. The van der Waals surface area contributed by atoms with Crippen LogP contribution in [0.25, 0.3) is 0 Å². The fourth-order valence-corrected chi connectivity index (χ4v) is 2.63. The van der Waals surface area contributed by atoms with E-state index in [0.717, 1.165) is 31.7 Å². The standard InChI is InChI=1S/C17H19N5O2/c1-12(23)20-13-4-6-14(7-5-13)21-17(24)15-10-16(19-11-18-15)22-8-2-3-9-22/h4-7,10-11H,2-3,8-9H2,1H3,(H,20,23)(H,21,24). The zero-order chi connectivity index (χ0) is 16.9. The molecule has 2 amide bonds. The molecule has 0 bridgehead atoms. The van der Waals surface area contributed by atoms with Crippen molar-refractivity contribution in [1.82, 2.24) is 9.97 Å². The Labute approximate surface area is 140 Å². The number of carbonyl (C=O) groups is 2. The molecule has 7 nitrogen and oxygen atoms in total. The summed E-state index contributed by atoms with van der Waals surface area (Å²) in [7, 11) is 0. The first-order valence-electron chi connectivity index (χ1n) is 7.88. The van der Waals surface area contributed by atoms with Gasteiger partial charge < -0.3 is 15.5 Å². The average Bonchev–Trinajstić information content (AvgIpc) is 3.11. The minimum Gasteiger partial charge on any atom is -0.357 e. The van der Waals surface area contributed by atoms with Gasteiger partial charge in [-0.1, -0.05) is 0 Å². The molecule has 0 saturated carbocycles. The molecule has 1 fully saturated rings. The molecule has 24 heavy (non-hydrogen) atoms. The molecule has 3 rings (SSSR count). The van der Waals surface area contributed by atoms with Crippen LogP contribution in [0.5, 0.6) is 0 Å². The Morgan fingerprint density at radius 3 is 2.25 bits per heavy atom. The van der Waals surface area contributed by atoms with E-state index in [2.05, 4.69) is 25.5 Å². The molecule has 1 aliphatic heterocycles. The number of amides is 2. The summed E-state index contributed by atoms with van der Waals surface area (Å²) in [6.45, 7) is 3.37. The number of nitrogens with zero attached hydrogens (tertiary/aromatic N) is 3. The fourth-order valence-electron chi connectivity index (χ4n) is 2.63. The molecule has 1 aromatic heterocycles. The first-order valence-corrected chi connectivity index (χ1v) is 7.88. The Balaban J connectivity index is 1.68. The second-order valence-electron chi connectivity index (χ2n) is 5.67. The van der Waals surface area contributed by atoms with E-state index in [4.69, 9.17) is 0 Å². The highest BCUT2D eigenvalue weighted by molar-refractivity contribution is 6.03. The number of rotatable bonds is 4. The third kappa shape index (κ3) is 3.87. The van der Waals surface area contributed by atoms with Gasteiger partial charge in [-0.25, -0.2) is 9.97 Å². The zero-order valence-electron chi connectivity index (χ0n) is 13.5. The lowest BCUT2D eigenvalue weighted by atomic mass is 10.2. The summed E-state index contributed by atoms with van der Waals surface area (Å²) < 4.78 is 0. The molecule has 0 atom stereocenters. The summed E-state index contributed by atoms with van der Waals surface area (Å²) >= 11 is 0. The molecule has 1 aliphatic rings. The molecule has 2 N–H and O–H groups in total. The number of benzene rings is 1. The quantitative estimate of drug-likeness (QED) is 0.900. The number of nitrogens with one attached hydrogen (secondary N) is 2. The number of hydrogen-bond donors (Lipinski definition) is 2. The van der Waals surface area contributed by atoms with Gasteiger partial charge in [-0.05, 0) is 37.1 Å². The van der Waals surface area contributed by atoms with E-state index < -0.39 is 0 Å². The number of aromatic nitrogens is 2. The third-order valence-electron chi connectivity index (χ3n) is 3.78. The van der Waals surface area contributed by atoms with E-state index in [-0.39, 0.29) is 11.8 Å². The maximum Gasteiger partial charge on any atom is 0.274 e. The first-order chi connectivity index (χ1) is 11.6. The Kier molecular flexibility index (Phi) is 4.69. The van der Waals surface area contributed by atoms with Gasteiger partial charge in [0.2, 0.25) is 5.91 Å². The SMILES string of the molecule is CC(=O)Nc1ccc(NC(=O)c2cc(N3CCCC3)ncn2)cc1. The molecule has 2 aromatic rings. The third-order valence-corrected chi connectivity index (χ3v) is 3.78. The van der Waals surface area contributed by atoms with Crippen molar-refractivity contribution in [2.24, 2.45) is 0 Å². The van der Waals surface area contributed by atoms with Crippen LogP contribution in [-0.2, 0) is 4.79 Å². The molecule has 0 aliphatic carbocycles. The topological polar surface area (TPSA) is 87.2 Å². The predicted octanol–water partition coefficient (Wildman–Crippen LogP) is 2.29. The highest BCUT2D eigenvalue weighted by atomic mass is 16.2. The highest BCUT2D eigenvalue weighted by Gasteiger charge is 2.16. The van der Waals surface area contributed by atoms with E-state index in [1.165, 1.54) is 13.3 Å². The van der Waals surface area contributed by atoms with Gasteiger partial charge in [-0.2, -0.15) is 0 Å². The molecule has 124 valence electrons. The van der Waals surface area contributed by atoms with Gasteiger partial charge in [0.25, 0.3) is 5.91 Å². The van der Waals surface area contributed by atoms with Crippen molar-refractivity contribution in [2.45, 2.75) is 19.8 Å². The number of hydrogen-bond acceptors (Lipinski definition) is 5. The van der Waals surface area contributed by atoms with Gasteiger partial charge in [-0.3, -0.25) is 9.59 Å². The van der Waals surface area contributed by atoms with Crippen LogP contribution < -0.4 is 15.5 Å². The summed E-state index contributed by atoms with van der Waals surface area (Å²) in [5, 5.41) is 5.47. The molecule has 0 unspecified atom stereocenters. The van der Waals surface area contributed by atoms with Gasteiger partial charge in [0.15, 0.2) is 0 Å².